The standard InChI is InChI=1S/C20H24N4O2/c1-4-24(5-2)18-11-9-16(10-12-18)14-21-23-20(26)19(25)22-17-8-6-7-15(3)13-17/h6-14H,4-5H2,1-3H3,(H,22,25)(H,23,26). The second-order valence-corrected chi connectivity index (χ2v) is 5.79. The highest BCUT2D eigenvalue weighted by Gasteiger charge is 2.12. The lowest BCUT2D eigenvalue weighted by molar-refractivity contribution is -0.136. The molecule has 0 fully saturated rings. The molecule has 6 nitrogen and oxygen atoms in total. The first-order valence-electron chi connectivity index (χ1n) is 8.59. The number of hydrogen-bond acceptors (Lipinski definition) is 4. The summed E-state index contributed by atoms with van der Waals surface area (Å²) in [6.07, 6.45) is 1.50. The van der Waals surface area contributed by atoms with E-state index in [2.05, 4.69) is 34.6 Å². The Balaban J connectivity index is 1.89. The topological polar surface area (TPSA) is 73.8 Å². The van der Waals surface area contributed by atoms with Crippen molar-refractivity contribution >= 4 is 29.4 Å². The minimum atomic E-state index is -0.817. The van der Waals surface area contributed by atoms with Crippen molar-refractivity contribution in [3.05, 3.63) is 59.7 Å². The van der Waals surface area contributed by atoms with Crippen LogP contribution in [0.15, 0.2) is 53.6 Å². The zero-order valence-corrected chi connectivity index (χ0v) is 15.3. The van der Waals surface area contributed by atoms with Gasteiger partial charge in [-0.2, -0.15) is 5.10 Å². The van der Waals surface area contributed by atoms with Crippen LogP contribution in [-0.2, 0) is 9.59 Å². The molecule has 0 aromatic heterocycles. The van der Waals surface area contributed by atoms with Gasteiger partial charge >= 0.3 is 11.8 Å². The minimum absolute atomic E-state index is 0.570. The number of nitrogens with one attached hydrogen (secondary N) is 2. The Hall–Kier alpha value is -3.15. The van der Waals surface area contributed by atoms with Gasteiger partial charge < -0.3 is 10.2 Å². The molecule has 0 spiro atoms. The van der Waals surface area contributed by atoms with Crippen LogP contribution in [0.2, 0.25) is 0 Å². The zero-order valence-electron chi connectivity index (χ0n) is 15.3. The molecule has 0 atom stereocenters. The van der Waals surface area contributed by atoms with E-state index in [1.807, 2.05) is 43.3 Å². The van der Waals surface area contributed by atoms with E-state index < -0.39 is 11.8 Å². The fourth-order valence-corrected chi connectivity index (χ4v) is 2.49. The Morgan fingerprint density at radius 3 is 2.35 bits per heavy atom. The van der Waals surface area contributed by atoms with Crippen LogP contribution in [0.5, 0.6) is 0 Å². The van der Waals surface area contributed by atoms with Crippen molar-refractivity contribution in [2.75, 3.05) is 23.3 Å². The third kappa shape index (κ3) is 5.44. The second kappa shape index (κ2) is 9.36. The van der Waals surface area contributed by atoms with Crippen molar-refractivity contribution in [2.24, 2.45) is 5.10 Å². The molecule has 0 saturated heterocycles. The fraction of sp³-hybridized carbons (Fsp3) is 0.250. The van der Waals surface area contributed by atoms with E-state index in [1.165, 1.54) is 6.21 Å². The van der Waals surface area contributed by atoms with Gasteiger partial charge in [-0.3, -0.25) is 9.59 Å². The van der Waals surface area contributed by atoms with Crippen molar-refractivity contribution < 1.29 is 9.59 Å². The first kappa shape index (κ1) is 19.2. The molecule has 6 heteroatoms. The normalized spacial score (nSPS) is 10.6. The fourth-order valence-electron chi connectivity index (χ4n) is 2.49. The molecule has 2 aromatic rings. The summed E-state index contributed by atoms with van der Waals surface area (Å²) < 4.78 is 0. The summed E-state index contributed by atoms with van der Waals surface area (Å²) in [5.41, 5.74) is 5.77. The van der Waals surface area contributed by atoms with E-state index in [-0.39, 0.29) is 0 Å². The van der Waals surface area contributed by atoms with Gasteiger partial charge in [-0.1, -0.05) is 24.3 Å². The van der Waals surface area contributed by atoms with E-state index >= 15 is 0 Å². The minimum Gasteiger partial charge on any atom is -0.372 e. The van der Waals surface area contributed by atoms with Gasteiger partial charge in [0.25, 0.3) is 0 Å². The van der Waals surface area contributed by atoms with Gasteiger partial charge in [-0.15, -0.1) is 0 Å². The molecule has 0 aliphatic heterocycles. The summed E-state index contributed by atoms with van der Waals surface area (Å²) in [5.74, 6) is -1.58. The van der Waals surface area contributed by atoms with Gasteiger partial charge in [0.15, 0.2) is 0 Å². The molecule has 0 saturated carbocycles. The number of benzene rings is 2. The smallest absolute Gasteiger partial charge is 0.329 e. The van der Waals surface area contributed by atoms with Crippen LogP contribution in [-0.4, -0.2) is 31.1 Å². The van der Waals surface area contributed by atoms with Crippen LogP contribution in [0.4, 0.5) is 11.4 Å². The number of carbonyl (C=O) groups is 2. The van der Waals surface area contributed by atoms with E-state index in [0.29, 0.717) is 5.69 Å². The van der Waals surface area contributed by atoms with E-state index in [1.54, 1.807) is 12.1 Å². The van der Waals surface area contributed by atoms with E-state index in [0.717, 1.165) is 29.9 Å². The van der Waals surface area contributed by atoms with Crippen LogP contribution in [0.25, 0.3) is 0 Å². The third-order valence-corrected chi connectivity index (χ3v) is 3.88. The molecule has 0 unspecified atom stereocenters. The molecule has 0 aliphatic carbocycles. The zero-order chi connectivity index (χ0) is 18.9. The number of carbonyl (C=O) groups excluding carboxylic acids is 2. The molecule has 136 valence electrons. The lowest BCUT2D eigenvalue weighted by Crippen LogP contribution is -2.32. The number of hydrogen-bond donors (Lipinski definition) is 2. The van der Waals surface area contributed by atoms with Crippen LogP contribution >= 0.6 is 0 Å². The van der Waals surface area contributed by atoms with Gasteiger partial charge in [0.2, 0.25) is 0 Å². The predicted octanol–water partition coefficient (Wildman–Crippen LogP) is 2.93. The SMILES string of the molecule is CCN(CC)c1ccc(C=NNC(=O)C(=O)Nc2cccc(C)c2)cc1. The summed E-state index contributed by atoms with van der Waals surface area (Å²) in [6.45, 7) is 8.00. The number of amides is 2. The molecule has 0 radical (unpaired) electrons. The highest BCUT2D eigenvalue weighted by atomic mass is 16.2. The Morgan fingerprint density at radius 2 is 1.73 bits per heavy atom. The third-order valence-electron chi connectivity index (χ3n) is 3.88. The Labute approximate surface area is 153 Å². The number of anilines is 2. The highest BCUT2D eigenvalue weighted by Crippen LogP contribution is 2.14. The van der Waals surface area contributed by atoms with Crippen molar-refractivity contribution in [1.82, 2.24) is 5.43 Å². The molecule has 2 amide bonds. The van der Waals surface area contributed by atoms with Gasteiger partial charge in [0.1, 0.15) is 0 Å². The van der Waals surface area contributed by atoms with Crippen LogP contribution in [0, 0.1) is 6.92 Å². The molecule has 2 rings (SSSR count). The first-order chi connectivity index (χ1) is 12.5. The molecular formula is C20H24N4O2. The Kier molecular flexibility index (Phi) is 6.91. The monoisotopic (exact) mass is 352 g/mol. The van der Waals surface area contributed by atoms with Crippen molar-refractivity contribution in [2.45, 2.75) is 20.8 Å². The first-order valence-corrected chi connectivity index (χ1v) is 8.59. The Bertz CT molecular complexity index is 781. The average molecular weight is 352 g/mol. The van der Waals surface area contributed by atoms with Gasteiger partial charge in [0.05, 0.1) is 6.21 Å². The molecule has 0 heterocycles. The molecule has 26 heavy (non-hydrogen) atoms. The summed E-state index contributed by atoms with van der Waals surface area (Å²) in [7, 11) is 0. The van der Waals surface area contributed by atoms with E-state index in [9.17, 15) is 9.59 Å². The van der Waals surface area contributed by atoms with Crippen LogP contribution < -0.4 is 15.6 Å². The second-order valence-electron chi connectivity index (χ2n) is 5.79. The maximum atomic E-state index is 11.8. The Morgan fingerprint density at radius 1 is 1.04 bits per heavy atom. The molecule has 2 N–H and O–H groups in total. The summed E-state index contributed by atoms with van der Waals surface area (Å²) >= 11 is 0. The summed E-state index contributed by atoms with van der Waals surface area (Å²) in [4.78, 5) is 25.9. The molecule has 0 aliphatic rings. The number of aryl methyl sites for hydroxylation is 1. The van der Waals surface area contributed by atoms with E-state index in [4.69, 9.17) is 0 Å². The van der Waals surface area contributed by atoms with Crippen LogP contribution in [0.1, 0.15) is 25.0 Å². The quantitative estimate of drug-likeness (QED) is 0.477. The van der Waals surface area contributed by atoms with Crippen molar-refractivity contribution in [3.8, 4) is 0 Å². The average Bonchev–Trinajstić information content (AvgIpc) is 2.64. The number of rotatable bonds is 6. The van der Waals surface area contributed by atoms with Crippen LogP contribution in [0.3, 0.4) is 0 Å². The molecular weight excluding hydrogens is 328 g/mol. The predicted molar refractivity (Wildman–Crippen MR) is 106 cm³/mol. The summed E-state index contributed by atoms with van der Waals surface area (Å²) in [5, 5.41) is 6.37. The van der Waals surface area contributed by atoms with Gasteiger partial charge in [-0.25, -0.2) is 5.43 Å². The highest BCUT2D eigenvalue weighted by molar-refractivity contribution is 6.39. The van der Waals surface area contributed by atoms with Gasteiger partial charge in [-0.05, 0) is 56.2 Å². The lowest BCUT2D eigenvalue weighted by Gasteiger charge is -2.20. The largest absolute Gasteiger partial charge is 0.372 e. The maximum Gasteiger partial charge on any atom is 0.329 e. The summed E-state index contributed by atoms with van der Waals surface area (Å²) in [6, 6.07) is 15.0. The molecule has 0 bridgehead atoms. The van der Waals surface area contributed by atoms with Crippen molar-refractivity contribution in [3.63, 3.8) is 0 Å². The number of hydrazone groups is 1. The molecule has 2 aromatic carbocycles. The van der Waals surface area contributed by atoms with Crippen molar-refractivity contribution in [1.29, 1.82) is 0 Å². The maximum absolute atomic E-state index is 11.8. The van der Waals surface area contributed by atoms with Gasteiger partial charge in [0, 0.05) is 24.5 Å². The lowest BCUT2D eigenvalue weighted by atomic mass is 10.2. The number of nitrogens with zero attached hydrogens (tertiary/aromatic N) is 2.